The molecule has 0 atom stereocenters. The molecule has 0 radical (unpaired) electrons. The zero-order valence-electron chi connectivity index (χ0n) is 14.3. The molecular formula is C17H24F3N3O2. The summed E-state index contributed by atoms with van der Waals surface area (Å²) in [5, 5.41) is 0. The van der Waals surface area contributed by atoms with Crippen molar-refractivity contribution in [2.45, 2.75) is 19.5 Å². The summed E-state index contributed by atoms with van der Waals surface area (Å²) in [5.74, 6) is 0.283. The summed E-state index contributed by atoms with van der Waals surface area (Å²) < 4.78 is 43.0. The first-order chi connectivity index (χ1) is 11.8. The number of hydrogen-bond acceptors (Lipinski definition) is 4. The summed E-state index contributed by atoms with van der Waals surface area (Å²) in [4.78, 5) is 15.6. The highest BCUT2D eigenvalue weighted by atomic mass is 19.4. The van der Waals surface area contributed by atoms with Gasteiger partial charge in [0.1, 0.15) is 5.75 Å². The van der Waals surface area contributed by atoms with Crippen LogP contribution in [-0.4, -0.2) is 67.8 Å². The smallest absolute Gasteiger partial charge is 0.401 e. The monoisotopic (exact) mass is 359 g/mol. The summed E-state index contributed by atoms with van der Waals surface area (Å²) in [6, 6.07) is 5.32. The number of halogens is 3. The van der Waals surface area contributed by atoms with Crippen LogP contribution in [0, 0.1) is 6.92 Å². The number of hydrogen-bond donors (Lipinski definition) is 1. The molecule has 1 aromatic carbocycles. The number of alkyl halides is 3. The Morgan fingerprint density at radius 3 is 2.52 bits per heavy atom. The molecule has 0 bridgehead atoms. The molecule has 8 heteroatoms. The van der Waals surface area contributed by atoms with Gasteiger partial charge in [-0.2, -0.15) is 13.2 Å². The Kier molecular flexibility index (Phi) is 6.66. The van der Waals surface area contributed by atoms with Crippen molar-refractivity contribution in [1.82, 2.24) is 9.80 Å². The van der Waals surface area contributed by atoms with Gasteiger partial charge < -0.3 is 15.4 Å². The highest BCUT2D eigenvalue weighted by molar-refractivity contribution is 5.97. The van der Waals surface area contributed by atoms with Crippen LogP contribution < -0.4 is 10.5 Å². The Labute approximate surface area is 145 Å². The minimum absolute atomic E-state index is 0.209. The minimum atomic E-state index is -4.22. The van der Waals surface area contributed by atoms with Gasteiger partial charge in [-0.25, -0.2) is 0 Å². The van der Waals surface area contributed by atoms with E-state index in [9.17, 15) is 18.0 Å². The second-order valence-electron chi connectivity index (χ2n) is 6.17. The van der Waals surface area contributed by atoms with E-state index in [4.69, 9.17) is 10.5 Å². The molecule has 1 fully saturated rings. The molecule has 1 amide bonds. The number of carbonyl (C=O) groups excluding carboxylic acids is 1. The van der Waals surface area contributed by atoms with E-state index in [-0.39, 0.29) is 32.1 Å². The fourth-order valence-electron chi connectivity index (χ4n) is 2.72. The maximum Gasteiger partial charge on any atom is 0.401 e. The molecule has 1 heterocycles. The molecule has 140 valence electrons. The van der Waals surface area contributed by atoms with Crippen molar-refractivity contribution < 1.29 is 22.7 Å². The molecule has 1 aromatic rings. The molecule has 2 rings (SSSR count). The van der Waals surface area contributed by atoms with Gasteiger partial charge in [-0.15, -0.1) is 0 Å². The molecule has 25 heavy (non-hydrogen) atoms. The predicted octanol–water partition coefficient (Wildman–Crippen LogP) is 2.04. The normalized spacial score (nSPS) is 16.1. The predicted molar refractivity (Wildman–Crippen MR) is 88.7 cm³/mol. The second kappa shape index (κ2) is 8.53. The first kappa shape index (κ1) is 19.5. The third-order valence-electron chi connectivity index (χ3n) is 4.04. The first-order valence-corrected chi connectivity index (χ1v) is 8.32. The van der Waals surface area contributed by atoms with Crippen molar-refractivity contribution >= 4 is 5.91 Å². The molecule has 0 aromatic heterocycles. The molecule has 1 saturated heterocycles. The number of carbonyl (C=O) groups is 1. The van der Waals surface area contributed by atoms with Crippen molar-refractivity contribution in [3.63, 3.8) is 0 Å². The topological polar surface area (TPSA) is 58.8 Å². The van der Waals surface area contributed by atoms with Gasteiger partial charge in [0.05, 0.1) is 18.7 Å². The van der Waals surface area contributed by atoms with Crippen LogP contribution in [0.25, 0.3) is 0 Å². The van der Waals surface area contributed by atoms with Crippen LogP contribution in [0.4, 0.5) is 13.2 Å². The van der Waals surface area contributed by atoms with Gasteiger partial charge in [0.15, 0.2) is 0 Å². The van der Waals surface area contributed by atoms with Crippen LogP contribution in [0.5, 0.6) is 5.75 Å². The Balaban J connectivity index is 2.01. The van der Waals surface area contributed by atoms with Crippen molar-refractivity contribution in [1.29, 1.82) is 0 Å². The molecule has 5 nitrogen and oxygen atoms in total. The van der Waals surface area contributed by atoms with E-state index in [1.807, 2.05) is 13.0 Å². The Hall–Kier alpha value is -1.80. The van der Waals surface area contributed by atoms with E-state index in [2.05, 4.69) is 0 Å². The quantitative estimate of drug-likeness (QED) is 0.790. The minimum Gasteiger partial charge on any atom is -0.493 e. The van der Waals surface area contributed by atoms with E-state index >= 15 is 0 Å². The van der Waals surface area contributed by atoms with Crippen molar-refractivity contribution in [3.8, 4) is 5.75 Å². The van der Waals surface area contributed by atoms with Gasteiger partial charge in [-0.05, 0) is 37.6 Å². The zero-order valence-corrected chi connectivity index (χ0v) is 14.3. The standard InChI is InChI=1S/C17H24F3N3O2/c1-13-3-4-14(15(11-13)25-10-2-5-21)16(24)23-8-6-22(7-9-23)12-17(18,19)20/h3-4,11H,2,5-10,12,21H2,1H3. The Bertz CT molecular complexity index is 585. The van der Waals surface area contributed by atoms with Gasteiger partial charge in [-0.1, -0.05) is 6.07 Å². The Morgan fingerprint density at radius 2 is 1.92 bits per heavy atom. The summed E-state index contributed by atoms with van der Waals surface area (Å²) in [5.41, 5.74) is 6.86. The fourth-order valence-corrected chi connectivity index (χ4v) is 2.72. The molecular weight excluding hydrogens is 335 g/mol. The summed E-state index contributed by atoms with van der Waals surface area (Å²) in [6.45, 7) is 2.83. The van der Waals surface area contributed by atoms with Gasteiger partial charge in [-0.3, -0.25) is 9.69 Å². The number of amides is 1. The lowest BCUT2D eigenvalue weighted by Gasteiger charge is -2.35. The Morgan fingerprint density at radius 1 is 1.24 bits per heavy atom. The summed E-state index contributed by atoms with van der Waals surface area (Å²) in [7, 11) is 0. The first-order valence-electron chi connectivity index (χ1n) is 8.32. The maximum atomic E-state index is 12.7. The van der Waals surface area contributed by atoms with Crippen LogP contribution in [0.15, 0.2) is 18.2 Å². The van der Waals surface area contributed by atoms with E-state index in [0.717, 1.165) is 5.56 Å². The third kappa shape index (κ3) is 5.89. The van der Waals surface area contributed by atoms with E-state index in [1.54, 1.807) is 17.0 Å². The molecule has 0 spiro atoms. The molecule has 1 aliphatic heterocycles. The summed E-state index contributed by atoms with van der Waals surface area (Å²) >= 11 is 0. The van der Waals surface area contributed by atoms with Crippen molar-refractivity contribution in [2.24, 2.45) is 5.73 Å². The van der Waals surface area contributed by atoms with Gasteiger partial charge in [0.25, 0.3) is 5.91 Å². The lowest BCUT2D eigenvalue weighted by molar-refractivity contribution is -0.148. The fraction of sp³-hybridized carbons (Fsp3) is 0.588. The molecule has 0 saturated carbocycles. The van der Waals surface area contributed by atoms with E-state index in [1.165, 1.54) is 4.90 Å². The molecule has 0 aliphatic carbocycles. The highest BCUT2D eigenvalue weighted by Gasteiger charge is 2.33. The van der Waals surface area contributed by atoms with Gasteiger partial charge in [0.2, 0.25) is 0 Å². The van der Waals surface area contributed by atoms with E-state index < -0.39 is 12.7 Å². The van der Waals surface area contributed by atoms with Crippen molar-refractivity contribution in [3.05, 3.63) is 29.3 Å². The van der Waals surface area contributed by atoms with Crippen LogP contribution in [0.2, 0.25) is 0 Å². The molecule has 1 aliphatic rings. The lowest BCUT2D eigenvalue weighted by atomic mass is 10.1. The third-order valence-corrected chi connectivity index (χ3v) is 4.04. The van der Waals surface area contributed by atoms with Gasteiger partial charge >= 0.3 is 6.18 Å². The number of aryl methyl sites for hydroxylation is 1. The number of rotatable bonds is 6. The van der Waals surface area contributed by atoms with Crippen molar-refractivity contribution in [2.75, 3.05) is 45.9 Å². The zero-order chi connectivity index (χ0) is 18.4. The largest absolute Gasteiger partial charge is 0.493 e. The van der Waals surface area contributed by atoms with Crippen LogP contribution >= 0.6 is 0 Å². The van der Waals surface area contributed by atoms with Crippen LogP contribution in [0.1, 0.15) is 22.3 Å². The second-order valence-corrected chi connectivity index (χ2v) is 6.17. The van der Waals surface area contributed by atoms with Crippen LogP contribution in [-0.2, 0) is 0 Å². The van der Waals surface area contributed by atoms with E-state index in [0.29, 0.717) is 30.9 Å². The van der Waals surface area contributed by atoms with Gasteiger partial charge in [0, 0.05) is 26.2 Å². The maximum absolute atomic E-state index is 12.7. The number of benzene rings is 1. The number of nitrogens with zero attached hydrogens (tertiary/aromatic N) is 2. The highest BCUT2D eigenvalue weighted by Crippen LogP contribution is 2.24. The summed E-state index contributed by atoms with van der Waals surface area (Å²) in [6.07, 6.45) is -3.54. The average molecular weight is 359 g/mol. The number of nitrogens with two attached hydrogens (primary N) is 1. The number of piperazine rings is 1. The lowest BCUT2D eigenvalue weighted by Crippen LogP contribution is -2.51. The number of ether oxygens (including phenoxy) is 1. The SMILES string of the molecule is Cc1ccc(C(=O)N2CCN(CC(F)(F)F)CC2)c(OCCCN)c1. The molecule has 2 N–H and O–H groups in total. The average Bonchev–Trinajstić information content (AvgIpc) is 2.54. The van der Waals surface area contributed by atoms with Crippen LogP contribution in [0.3, 0.4) is 0 Å². The molecule has 0 unspecified atom stereocenters.